The zero-order chi connectivity index (χ0) is 13.9. The fraction of sp³-hybridized carbons (Fsp3) is 0.933. The van der Waals surface area contributed by atoms with Crippen molar-refractivity contribution in [1.29, 1.82) is 0 Å². The molecule has 1 saturated carbocycles. The Labute approximate surface area is 117 Å². The topological polar surface area (TPSA) is 38.8 Å². The van der Waals surface area contributed by atoms with Crippen LogP contribution in [0.15, 0.2) is 0 Å². The van der Waals surface area contributed by atoms with Gasteiger partial charge in [-0.2, -0.15) is 0 Å². The molecular formula is C15H29NO3. The molecule has 0 heterocycles. The highest BCUT2D eigenvalue weighted by Gasteiger charge is 2.22. The molecule has 0 saturated heterocycles. The Morgan fingerprint density at radius 1 is 1.05 bits per heavy atom. The minimum Gasteiger partial charge on any atom is -0.385 e. The zero-order valence-corrected chi connectivity index (χ0v) is 12.5. The summed E-state index contributed by atoms with van der Waals surface area (Å²) in [5.41, 5.74) is 0. The maximum absolute atomic E-state index is 12.3. The lowest BCUT2D eigenvalue weighted by molar-refractivity contribution is -0.125. The molecule has 1 rings (SSSR count). The first-order valence-electron chi connectivity index (χ1n) is 7.51. The second-order valence-corrected chi connectivity index (χ2v) is 5.42. The Kier molecular flexibility index (Phi) is 9.05. The lowest BCUT2D eigenvalue weighted by Gasteiger charge is -2.25. The van der Waals surface area contributed by atoms with Crippen LogP contribution in [0.5, 0.6) is 0 Å². The number of hydrogen-bond acceptors (Lipinski definition) is 4. The average molecular weight is 271 g/mol. The molecule has 0 spiro atoms. The van der Waals surface area contributed by atoms with E-state index < -0.39 is 0 Å². The van der Waals surface area contributed by atoms with Crippen LogP contribution in [0.3, 0.4) is 0 Å². The molecule has 19 heavy (non-hydrogen) atoms. The van der Waals surface area contributed by atoms with Gasteiger partial charge in [0.2, 0.25) is 0 Å². The van der Waals surface area contributed by atoms with Gasteiger partial charge in [0, 0.05) is 39.8 Å². The molecule has 0 aromatic heterocycles. The summed E-state index contributed by atoms with van der Waals surface area (Å²) < 4.78 is 10.2. The maximum Gasteiger partial charge on any atom is 0.149 e. The normalized spacial score (nSPS) is 17.0. The van der Waals surface area contributed by atoms with E-state index in [1.165, 1.54) is 19.3 Å². The smallest absolute Gasteiger partial charge is 0.149 e. The molecule has 1 aliphatic rings. The van der Waals surface area contributed by atoms with Crippen LogP contribution in [0.2, 0.25) is 0 Å². The third-order valence-corrected chi connectivity index (χ3v) is 3.87. The summed E-state index contributed by atoms with van der Waals surface area (Å²) in [4.78, 5) is 14.5. The summed E-state index contributed by atoms with van der Waals surface area (Å²) in [6, 6.07) is 0. The van der Waals surface area contributed by atoms with Crippen molar-refractivity contribution in [2.45, 2.75) is 38.5 Å². The Bertz CT molecular complexity index is 240. The van der Waals surface area contributed by atoms with E-state index in [0.29, 0.717) is 24.9 Å². The minimum atomic E-state index is 0.307. The predicted molar refractivity (Wildman–Crippen MR) is 76.4 cm³/mol. The van der Waals surface area contributed by atoms with Gasteiger partial charge in [0.25, 0.3) is 0 Å². The summed E-state index contributed by atoms with van der Waals surface area (Å²) in [7, 11) is 3.42. The molecule has 1 aliphatic carbocycles. The Hall–Kier alpha value is -0.450. The van der Waals surface area contributed by atoms with Gasteiger partial charge < -0.3 is 9.47 Å². The number of carbonyl (C=O) groups excluding carboxylic acids is 1. The van der Waals surface area contributed by atoms with Gasteiger partial charge in [-0.3, -0.25) is 9.69 Å². The van der Waals surface area contributed by atoms with E-state index in [9.17, 15) is 4.79 Å². The lowest BCUT2D eigenvalue weighted by Crippen LogP contribution is -2.37. The molecule has 0 aromatic rings. The highest BCUT2D eigenvalue weighted by Crippen LogP contribution is 2.24. The molecule has 0 amide bonds. The third-order valence-electron chi connectivity index (χ3n) is 3.87. The van der Waals surface area contributed by atoms with E-state index in [4.69, 9.17) is 9.47 Å². The van der Waals surface area contributed by atoms with Crippen molar-refractivity contribution in [2.24, 2.45) is 5.92 Å². The van der Waals surface area contributed by atoms with Crippen LogP contribution >= 0.6 is 0 Å². The second-order valence-electron chi connectivity index (χ2n) is 5.42. The summed E-state index contributed by atoms with van der Waals surface area (Å²) in [5.74, 6) is 0.731. The largest absolute Gasteiger partial charge is 0.385 e. The van der Waals surface area contributed by atoms with Gasteiger partial charge in [0.05, 0.1) is 13.2 Å². The van der Waals surface area contributed by atoms with E-state index >= 15 is 0 Å². The molecule has 0 bridgehead atoms. The standard InChI is InChI=1S/C15H29NO3/c1-18-11-6-9-16(10-12-19-2)13-15(17)14-7-4-3-5-8-14/h14H,3-13H2,1-2H3. The summed E-state index contributed by atoms with van der Waals surface area (Å²) in [6.07, 6.45) is 6.89. The number of hydrogen-bond donors (Lipinski definition) is 0. The van der Waals surface area contributed by atoms with Crippen LogP contribution in [-0.2, 0) is 14.3 Å². The number of carbonyl (C=O) groups is 1. The molecule has 1 fully saturated rings. The van der Waals surface area contributed by atoms with Gasteiger partial charge in [-0.05, 0) is 19.3 Å². The fourth-order valence-corrected chi connectivity index (χ4v) is 2.70. The van der Waals surface area contributed by atoms with Crippen molar-refractivity contribution in [3.8, 4) is 0 Å². The molecular weight excluding hydrogens is 242 g/mol. The third kappa shape index (κ3) is 7.04. The lowest BCUT2D eigenvalue weighted by atomic mass is 9.86. The van der Waals surface area contributed by atoms with Crippen LogP contribution < -0.4 is 0 Å². The van der Waals surface area contributed by atoms with Gasteiger partial charge in [-0.1, -0.05) is 19.3 Å². The first kappa shape index (κ1) is 16.6. The van der Waals surface area contributed by atoms with Crippen LogP contribution in [0.25, 0.3) is 0 Å². The highest BCUT2D eigenvalue weighted by molar-refractivity contribution is 5.83. The van der Waals surface area contributed by atoms with E-state index in [0.717, 1.165) is 39.0 Å². The van der Waals surface area contributed by atoms with E-state index in [1.54, 1.807) is 14.2 Å². The number of Topliss-reactive ketones (excluding diaryl/α,β-unsaturated/α-hetero) is 1. The molecule has 0 radical (unpaired) electrons. The molecule has 0 N–H and O–H groups in total. The van der Waals surface area contributed by atoms with Crippen LogP contribution in [0.1, 0.15) is 38.5 Å². The number of ether oxygens (including phenoxy) is 2. The van der Waals surface area contributed by atoms with Gasteiger partial charge in [-0.15, -0.1) is 0 Å². The molecule has 0 aliphatic heterocycles. The van der Waals surface area contributed by atoms with Crippen LogP contribution in [0.4, 0.5) is 0 Å². The Morgan fingerprint density at radius 2 is 1.74 bits per heavy atom. The second kappa shape index (κ2) is 10.4. The van der Waals surface area contributed by atoms with Gasteiger partial charge in [0.15, 0.2) is 0 Å². The van der Waals surface area contributed by atoms with Crippen molar-refractivity contribution in [3.05, 3.63) is 0 Å². The van der Waals surface area contributed by atoms with E-state index in [2.05, 4.69) is 4.90 Å². The van der Waals surface area contributed by atoms with E-state index in [-0.39, 0.29) is 0 Å². The van der Waals surface area contributed by atoms with E-state index in [1.807, 2.05) is 0 Å². The molecule has 112 valence electrons. The predicted octanol–water partition coefficient (Wildman–Crippen LogP) is 2.12. The SMILES string of the molecule is COCCCN(CCOC)CC(=O)C1CCCCC1. The molecule has 0 aromatic carbocycles. The van der Waals surface area contributed by atoms with Crippen molar-refractivity contribution in [3.63, 3.8) is 0 Å². The molecule has 0 unspecified atom stereocenters. The quantitative estimate of drug-likeness (QED) is 0.571. The minimum absolute atomic E-state index is 0.307. The number of methoxy groups -OCH3 is 2. The van der Waals surface area contributed by atoms with Crippen molar-refractivity contribution in [2.75, 3.05) is 47.1 Å². The summed E-state index contributed by atoms with van der Waals surface area (Å²) >= 11 is 0. The average Bonchev–Trinajstić information content (AvgIpc) is 2.45. The fourth-order valence-electron chi connectivity index (χ4n) is 2.70. The molecule has 4 nitrogen and oxygen atoms in total. The molecule has 4 heteroatoms. The highest BCUT2D eigenvalue weighted by atomic mass is 16.5. The van der Waals surface area contributed by atoms with Crippen molar-refractivity contribution in [1.82, 2.24) is 4.90 Å². The van der Waals surface area contributed by atoms with Gasteiger partial charge in [-0.25, -0.2) is 0 Å². The monoisotopic (exact) mass is 271 g/mol. The Morgan fingerprint density at radius 3 is 2.37 bits per heavy atom. The number of ketones is 1. The van der Waals surface area contributed by atoms with Crippen molar-refractivity contribution >= 4 is 5.78 Å². The van der Waals surface area contributed by atoms with Gasteiger partial charge in [0.1, 0.15) is 5.78 Å². The Balaban J connectivity index is 2.33. The molecule has 0 atom stereocenters. The summed E-state index contributed by atoms with van der Waals surface area (Å²) in [6.45, 7) is 3.76. The number of nitrogens with zero attached hydrogens (tertiary/aromatic N) is 1. The maximum atomic E-state index is 12.3. The first-order chi connectivity index (χ1) is 9.27. The first-order valence-corrected chi connectivity index (χ1v) is 7.51. The summed E-state index contributed by atoms with van der Waals surface area (Å²) in [5, 5.41) is 0. The number of rotatable bonds is 10. The zero-order valence-electron chi connectivity index (χ0n) is 12.5. The van der Waals surface area contributed by atoms with Gasteiger partial charge >= 0.3 is 0 Å². The van der Waals surface area contributed by atoms with Crippen LogP contribution in [0, 0.1) is 5.92 Å². The van der Waals surface area contributed by atoms with Crippen molar-refractivity contribution < 1.29 is 14.3 Å². The van der Waals surface area contributed by atoms with Crippen LogP contribution in [-0.4, -0.2) is 57.8 Å².